The highest BCUT2D eigenvalue weighted by Gasteiger charge is 2.24. The van der Waals surface area contributed by atoms with Crippen LogP contribution in [0.15, 0.2) is 65.3 Å². The Morgan fingerprint density at radius 1 is 0.974 bits per heavy atom. The van der Waals surface area contributed by atoms with E-state index in [9.17, 15) is 14.0 Å². The molecule has 0 spiro atoms. The van der Waals surface area contributed by atoms with Crippen LogP contribution in [0.5, 0.6) is 0 Å². The zero-order valence-electron chi connectivity index (χ0n) is 22.0. The number of aryl methyl sites for hydroxylation is 1. The monoisotopic (exact) mass is 522 g/mol. The zero-order valence-corrected chi connectivity index (χ0v) is 22.0. The van der Waals surface area contributed by atoms with E-state index in [4.69, 9.17) is 9.15 Å². The summed E-state index contributed by atoms with van der Waals surface area (Å²) in [5.41, 5.74) is 3.56. The molecule has 1 saturated heterocycles. The summed E-state index contributed by atoms with van der Waals surface area (Å²) in [7, 11) is 0. The third kappa shape index (κ3) is 7.66. The smallest absolute Gasteiger partial charge is 0.322 e. The van der Waals surface area contributed by atoms with Gasteiger partial charge < -0.3 is 24.3 Å². The van der Waals surface area contributed by atoms with Gasteiger partial charge in [0.15, 0.2) is 0 Å². The normalized spacial score (nSPS) is 13.8. The molecule has 0 saturated carbocycles. The van der Waals surface area contributed by atoms with Crippen molar-refractivity contribution in [1.29, 1.82) is 0 Å². The zero-order chi connectivity index (χ0) is 26.9. The highest BCUT2D eigenvalue weighted by atomic mass is 19.1. The largest absolute Gasteiger partial charge is 0.467 e. The number of rotatable bonds is 10. The van der Waals surface area contributed by atoms with Crippen molar-refractivity contribution >= 4 is 17.6 Å². The molecule has 4 rings (SSSR count). The number of nitrogens with one attached hydrogen (secondary N) is 1. The molecule has 1 aliphatic rings. The molecular formula is C29H35FN4O4. The molecule has 0 unspecified atom stereocenters. The topological polar surface area (TPSA) is 78.3 Å². The standard InChI is InChI=1S/C29H35FN4O4/c1-22-5-3-7-27(23(22)2)31-29(36)33(13-12-32-14-17-37-18-15-32)21-28(35)34(20-26-6-4-16-38-26)19-24-8-10-25(30)11-9-24/h3-11,16H,12-15,17-21H2,1-2H3,(H,31,36). The first kappa shape index (κ1) is 27.3. The quantitative estimate of drug-likeness (QED) is 0.426. The minimum atomic E-state index is -0.338. The highest BCUT2D eigenvalue weighted by Crippen LogP contribution is 2.19. The molecule has 1 aromatic heterocycles. The number of nitrogens with zero attached hydrogens (tertiary/aromatic N) is 3. The van der Waals surface area contributed by atoms with Gasteiger partial charge in [0.25, 0.3) is 0 Å². The fourth-order valence-corrected chi connectivity index (χ4v) is 4.32. The predicted molar refractivity (Wildman–Crippen MR) is 143 cm³/mol. The minimum absolute atomic E-state index is 0.108. The molecule has 3 aromatic rings. The molecule has 0 bridgehead atoms. The van der Waals surface area contributed by atoms with Crippen molar-refractivity contribution in [2.75, 3.05) is 51.3 Å². The van der Waals surface area contributed by atoms with Crippen LogP contribution in [0.2, 0.25) is 0 Å². The van der Waals surface area contributed by atoms with Crippen LogP contribution in [0.25, 0.3) is 0 Å². The minimum Gasteiger partial charge on any atom is -0.467 e. The van der Waals surface area contributed by atoms with Gasteiger partial charge in [-0.2, -0.15) is 0 Å². The maximum absolute atomic E-state index is 13.6. The number of amides is 3. The van der Waals surface area contributed by atoms with E-state index in [0.717, 1.165) is 35.5 Å². The van der Waals surface area contributed by atoms with E-state index in [1.807, 2.05) is 32.0 Å². The Hall–Kier alpha value is -3.69. The van der Waals surface area contributed by atoms with Gasteiger partial charge >= 0.3 is 6.03 Å². The van der Waals surface area contributed by atoms with E-state index in [1.54, 1.807) is 40.3 Å². The van der Waals surface area contributed by atoms with Crippen molar-refractivity contribution in [2.24, 2.45) is 0 Å². The number of hydrogen-bond donors (Lipinski definition) is 1. The van der Waals surface area contributed by atoms with Crippen LogP contribution in [0.1, 0.15) is 22.5 Å². The number of ether oxygens (including phenoxy) is 1. The second-order valence-electron chi connectivity index (χ2n) is 9.51. The number of urea groups is 1. The summed E-state index contributed by atoms with van der Waals surface area (Å²) in [5, 5.41) is 3.00. The van der Waals surface area contributed by atoms with Gasteiger partial charge in [0.1, 0.15) is 18.1 Å². The lowest BCUT2D eigenvalue weighted by atomic mass is 10.1. The fourth-order valence-electron chi connectivity index (χ4n) is 4.32. The highest BCUT2D eigenvalue weighted by molar-refractivity contribution is 5.93. The first-order valence-electron chi connectivity index (χ1n) is 12.9. The van der Waals surface area contributed by atoms with Gasteiger partial charge in [-0.3, -0.25) is 9.69 Å². The van der Waals surface area contributed by atoms with Crippen molar-refractivity contribution in [3.63, 3.8) is 0 Å². The molecule has 1 N–H and O–H groups in total. The molecule has 9 heteroatoms. The molecule has 38 heavy (non-hydrogen) atoms. The van der Waals surface area contributed by atoms with E-state index < -0.39 is 0 Å². The van der Waals surface area contributed by atoms with Gasteiger partial charge in [-0.15, -0.1) is 0 Å². The Labute approximate surface area is 223 Å². The van der Waals surface area contributed by atoms with E-state index in [2.05, 4.69) is 10.2 Å². The Balaban J connectivity index is 1.51. The third-order valence-electron chi connectivity index (χ3n) is 6.82. The maximum Gasteiger partial charge on any atom is 0.322 e. The maximum atomic E-state index is 13.6. The summed E-state index contributed by atoms with van der Waals surface area (Å²) in [6.07, 6.45) is 1.56. The fraction of sp³-hybridized carbons (Fsp3) is 0.379. The number of carbonyl (C=O) groups is 2. The lowest BCUT2D eigenvalue weighted by molar-refractivity contribution is -0.133. The number of hydrogen-bond acceptors (Lipinski definition) is 5. The SMILES string of the molecule is Cc1cccc(NC(=O)N(CCN2CCOCC2)CC(=O)N(Cc2ccc(F)cc2)Cc2ccco2)c1C. The molecule has 0 atom stereocenters. The lowest BCUT2D eigenvalue weighted by Crippen LogP contribution is -2.48. The first-order chi connectivity index (χ1) is 18.4. The molecule has 2 aromatic carbocycles. The number of benzene rings is 2. The van der Waals surface area contributed by atoms with Gasteiger partial charge in [-0.1, -0.05) is 24.3 Å². The molecule has 202 valence electrons. The second-order valence-corrected chi connectivity index (χ2v) is 9.51. The molecule has 8 nitrogen and oxygen atoms in total. The molecule has 1 fully saturated rings. The van der Waals surface area contributed by atoms with Crippen molar-refractivity contribution < 1.29 is 23.1 Å². The average Bonchev–Trinajstić information content (AvgIpc) is 3.43. The average molecular weight is 523 g/mol. The number of anilines is 1. The molecule has 3 amide bonds. The van der Waals surface area contributed by atoms with E-state index in [0.29, 0.717) is 32.1 Å². The van der Waals surface area contributed by atoms with Crippen LogP contribution >= 0.6 is 0 Å². The Morgan fingerprint density at radius 3 is 2.45 bits per heavy atom. The molecule has 0 radical (unpaired) electrons. The summed E-state index contributed by atoms with van der Waals surface area (Å²) in [4.78, 5) is 32.5. The van der Waals surface area contributed by atoms with Gasteiger partial charge in [0.05, 0.1) is 26.0 Å². The number of carbonyl (C=O) groups excluding carboxylic acids is 2. The van der Waals surface area contributed by atoms with E-state index >= 15 is 0 Å². The summed E-state index contributed by atoms with van der Waals surface area (Å²) >= 11 is 0. The number of morpholine rings is 1. The van der Waals surface area contributed by atoms with Crippen molar-refractivity contribution in [3.05, 3.63) is 89.1 Å². The Kier molecular flexibility index (Phi) is 9.51. The Bertz CT molecular complexity index is 1190. The number of furan rings is 1. The third-order valence-corrected chi connectivity index (χ3v) is 6.82. The van der Waals surface area contributed by atoms with Gasteiger partial charge in [-0.25, -0.2) is 9.18 Å². The van der Waals surface area contributed by atoms with Crippen molar-refractivity contribution in [2.45, 2.75) is 26.9 Å². The van der Waals surface area contributed by atoms with Crippen LogP contribution < -0.4 is 5.32 Å². The van der Waals surface area contributed by atoms with E-state index in [1.165, 1.54) is 12.1 Å². The molecular weight excluding hydrogens is 487 g/mol. The van der Waals surface area contributed by atoms with Crippen molar-refractivity contribution in [1.82, 2.24) is 14.7 Å². The molecule has 1 aliphatic heterocycles. The van der Waals surface area contributed by atoms with Crippen LogP contribution in [0.4, 0.5) is 14.9 Å². The van der Waals surface area contributed by atoms with Gasteiger partial charge in [-0.05, 0) is 60.9 Å². The van der Waals surface area contributed by atoms with Crippen LogP contribution in [-0.4, -0.2) is 72.6 Å². The van der Waals surface area contributed by atoms with Crippen LogP contribution in [0.3, 0.4) is 0 Å². The summed E-state index contributed by atoms with van der Waals surface area (Å²) in [5.74, 6) is 0.0547. The summed E-state index contributed by atoms with van der Waals surface area (Å²) < 4.78 is 24.4. The van der Waals surface area contributed by atoms with Gasteiger partial charge in [0, 0.05) is 38.4 Å². The van der Waals surface area contributed by atoms with E-state index in [-0.39, 0.29) is 37.4 Å². The lowest BCUT2D eigenvalue weighted by Gasteiger charge is -2.31. The summed E-state index contributed by atoms with van der Waals surface area (Å²) in [6.45, 7) is 8.24. The number of halogens is 1. The second kappa shape index (κ2) is 13.2. The van der Waals surface area contributed by atoms with Crippen LogP contribution in [-0.2, 0) is 22.6 Å². The Morgan fingerprint density at radius 2 is 1.74 bits per heavy atom. The van der Waals surface area contributed by atoms with Crippen molar-refractivity contribution in [3.8, 4) is 0 Å². The summed E-state index contributed by atoms with van der Waals surface area (Å²) in [6, 6.07) is 15.0. The van der Waals surface area contributed by atoms with Crippen LogP contribution in [0, 0.1) is 19.7 Å². The predicted octanol–water partition coefficient (Wildman–Crippen LogP) is 4.43. The van der Waals surface area contributed by atoms with Gasteiger partial charge in [0.2, 0.25) is 5.91 Å². The molecule has 2 heterocycles. The molecule has 0 aliphatic carbocycles. The first-order valence-corrected chi connectivity index (χ1v) is 12.9.